The van der Waals surface area contributed by atoms with E-state index in [1.807, 2.05) is 42.6 Å². The summed E-state index contributed by atoms with van der Waals surface area (Å²) in [7, 11) is 0. The van der Waals surface area contributed by atoms with Gasteiger partial charge in [0.1, 0.15) is 0 Å². The van der Waals surface area contributed by atoms with Crippen molar-refractivity contribution in [2.24, 2.45) is 0 Å². The van der Waals surface area contributed by atoms with Gasteiger partial charge in [0, 0.05) is 35.1 Å². The van der Waals surface area contributed by atoms with Crippen molar-refractivity contribution in [2.45, 2.75) is 6.54 Å². The summed E-state index contributed by atoms with van der Waals surface area (Å²) >= 11 is 6.11. The highest BCUT2D eigenvalue weighted by Crippen LogP contribution is 2.18. The van der Waals surface area contributed by atoms with Crippen LogP contribution < -0.4 is 5.32 Å². The molecule has 0 aliphatic heterocycles. The number of carbonyl (C=O) groups excluding carboxylic acids is 1. The van der Waals surface area contributed by atoms with Crippen molar-refractivity contribution in [3.8, 4) is 11.4 Å². The normalized spacial score (nSPS) is 10.8. The van der Waals surface area contributed by atoms with Gasteiger partial charge in [-0.1, -0.05) is 41.9 Å². The first kappa shape index (κ1) is 16.2. The van der Waals surface area contributed by atoms with E-state index in [9.17, 15) is 4.79 Å². The Balaban J connectivity index is 1.50. The fourth-order valence-corrected chi connectivity index (χ4v) is 2.83. The molecule has 2 heterocycles. The van der Waals surface area contributed by atoms with Crippen LogP contribution in [0, 0.1) is 0 Å². The summed E-state index contributed by atoms with van der Waals surface area (Å²) in [4.78, 5) is 16.5. The number of halogens is 1. The van der Waals surface area contributed by atoms with E-state index in [2.05, 4.69) is 20.5 Å². The van der Waals surface area contributed by atoms with Crippen molar-refractivity contribution >= 4 is 23.3 Å². The van der Waals surface area contributed by atoms with E-state index >= 15 is 0 Å². The van der Waals surface area contributed by atoms with Gasteiger partial charge in [-0.2, -0.15) is 0 Å². The molecule has 4 aromatic rings. The zero-order chi connectivity index (χ0) is 17.9. The molecular formula is C19H14ClN5O. The molecule has 0 aliphatic carbocycles. The number of nitrogens with zero attached hydrogens (tertiary/aromatic N) is 4. The van der Waals surface area contributed by atoms with E-state index in [0.717, 1.165) is 11.1 Å². The summed E-state index contributed by atoms with van der Waals surface area (Å²) in [6, 6.07) is 16.4. The zero-order valence-electron chi connectivity index (χ0n) is 13.6. The predicted octanol–water partition coefficient (Wildman–Crippen LogP) is 3.37. The molecule has 1 amide bonds. The van der Waals surface area contributed by atoms with Gasteiger partial charge < -0.3 is 5.32 Å². The first-order chi connectivity index (χ1) is 12.7. The summed E-state index contributed by atoms with van der Waals surface area (Å²) in [5, 5.41) is 11.7. The molecule has 128 valence electrons. The van der Waals surface area contributed by atoms with E-state index < -0.39 is 0 Å². The van der Waals surface area contributed by atoms with E-state index in [1.54, 1.807) is 28.8 Å². The standard InChI is InChI=1S/C19H14ClN5O/c20-16-5-2-1-4-15(16)12-22-18(26)14-8-6-13(7-9-14)17-23-24-19-21-10-3-11-25(17)19/h1-11H,12H2,(H,22,26). The molecule has 6 nitrogen and oxygen atoms in total. The Morgan fingerprint density at radius 2 is 1.85 bits per heavy atom. The van der Waals surface area contributed by atoms with Crippen LogP contribution in [-0.2, 0) is 6.54 Å². The third-order valence-corrected chi connectivity index (χ3v) is 4.36. The molecule has 2 aromatic carbocycles. The SMILES string of the molecule is O=C(NCc1ccccc1Cl)c1ccc(-c2nnc3ncccn23)cc1. The number of nitrogens with one attached hydrogen (secondary N) is 1. The average molecular weight is 364 g/mol. The van der Waals surface area contributed by atoms with Crippen molar-refractivity contribution in [3.05, 3.63) is 83.1 Å². The number of aromatic nitrogens is 4. The minimum absolute atomic E-state index is 0.163. The maximum atomic E-state index is 12.3. The van der Waals surface area contributed by atoms with Crippen molar-refractivity contribution in [1.82, 2.24) is 24.9 Å². The lowest BCUT2D eigenvalue weighted by Gasteiger charge is -2.07. The van der Waals surface area contributed by atoms with Gasteiger partial charge in [-0.3, -0.25) is 9.20 Å². The fraction of sp³-hybridized carbons (Fsp3) is 0.0526. The van der Waals surface area contributed by atoms with Gasteiger partial charge in [0.2, 0.25) is 0 Å². The average Bonchev–Trinajstić information content (AvgIpc) is 3.11. The third kappa shape index (κ3) is 3.14. The number of carbonyl (C=O) groups is 1. The summed E-state index contributed by atoms with van der Waals surface area (Å²) in [6.07, 6.45) is 3.52. The van der Waals surface area contributed by atoms with Crippen LogP contribution in [0.15, 0.2) is 67.0 Å². The van der Waals surface area contributed by atoms with Crippen molar-refractivity contribution < 1.29 is 4.79 Å². The van der Waals surface area contributed by atoms with Gasteiger partial charge in [0.05, 0.1) is 0 Å². The lowest BCUT2D eigenvalue weighted by Crippen LogP contribution is -2.22. The highest BCUT2D eigenvalue weighted by Gasteiger charge is 2.10. The number of hydrogen-bond acceptors (Lipinski definition) is 4. The van der Waals surface area contributed by atoms with Crippen LogP contribution in [0.25, 0.3) is 17.2 Å². The van der Waals surface area contributed by atoms with Crippen LogP contribution in [0.4, 0.5) is 0 Å². The Kier molecular flexibility index (Phi) is 4.33. The maximum absolute atomic E-state index is 12.3. The zero-order valence-corrected chi connectivity index (χ0v) is 14.4. The smallest absolute Gasteiger partial charge is 0.255 e. The minimum Gasteiger partial charge on any atom is -0.348 e. The van der Waals surface area contributed by atoms with Crippen LogP contribution >= 0.6 is 11.6 Å². The monoisotopic (exact) mass is 363 g/mol. The van der Waals surface area contributed by atoms with Crippen LogP contribution in [0.2, 0.25) is 5.02 Å². The minimum atomic E-state index is -0.163. The molecule has 1 N–H and O–H groups in total. The number of hydrogen-bond donors (Lipinski definition) is 1. The molecule has 0 atom stereocenters. The molecule has 7 heteroatoms. The lowest BCUT2D eigenvalue weighted by molar-refractivity contribution is 0.0951. The third-order valence-electron chi connectivity index (χ3n) is 3.99. The summed E-state index contributed by atoms with van der Waals surface area (Å²) in [5.41, 5.74) is 2.29. The van der Waals surface area contributed by atoms with Crippen LogP contribution in [0.5, 0.6) is 0 Å². The molecule has 0 unspecified atom stereocenters. The van der Waals surface area contributed by atoms with Gasteiger partial charge in [0.25, 0.3) is 11.7 Å². The summed E-state index contributed by atoms with van der Waals surface area (Å²) < 4.78 is 1.80. The Morgan fingerprint density at radius 1 is 1.04 bits per heavy atom. The highest BCUT2D eigenvalue weighted by atomic mass is 35.5. The van der Waals surface area contributed by atoms with Crippen LogP contribution in [-0.4, -0.2) is 25.5 Å². The largest absolute Gasteiger partial charge is 0.348 e. The highest BCUT2D eigenvalue weighted by molar-refractivity contribution is 6.31. The molecule has 0 saturated carbocycles. The number of rotatable bonds is 4. The molecule has 0 radical (unpaired) electrons. The predicted molar refractivity (Wildman–Crippen MR) is 98.8 cm³/mol. The Bertz CT molecular complexity index is 1070. The first-order valence-corrected chi connectivity index (χ1v) is 8.38. The Labute approximate surface area is 154 Å². The van der Waals surface area contributed by atoms with Gasteiger partial charge in [-0.25, -0.2) is 4.98 Å². The molecular weight excluding hydrogens is 350 g/mol. The van der Waals surface area contributed by atoms with Crippen LogP contribution in [0.3, 0.4) is 0 Å². The van der Waals surface area contributed by atoms with E-state index in [4.69, 9.17) is 11.6 Å². The molecule has 0 spiro atoms. The molecule has 4 rings (SSSR count). The summed E-state index contributed by atoms with van der Waals surface area (Å²) in [5.74, 6) is 1.05. The van der Waals surface area contributed by atoms with E-state index in [0.29, 0.717) is 28.7 Å². The van der Waals surface area contributed by atoms with Crippen molar-refractivity contribution in [1.29, 1.82) is 0 Å². The Morgan fingerprint density at radius 3 is 2.65 bits per heavy atom. The second-order valence-electron chi connectivity index (χ2n) is 5.66. The van der Waals surface area contributed by atoms with Gasteiger partial charge >= 0.3 is 0 Å². The second kappa shape index (κ2) is 6.93. The van der Waals surface area contributed by atoms with E-state index in [-0.39, 0.29) is 5.91 Å². The van der Waals surface area contributed by atoms with Crippen molar-refractivity contribution in [3.63, 3.8) is 0 Å². The lowest BCUT2D eigenvalue weighted by atomic mass is 10.1. The van der Waals surface area contributed by atoms with Crippen molar-refractivity contribution in [2.75, 3.05) is 0 Å². The maximum Gasteiger partial charge on any atom is 0.255 e. The van der Waals surface area contributed by atoms with Gasteiger partial charge in [-0.05, 0) is 29.8 Å². The quantitative estimate of drug-likeness (QED) is 0.603. The molecule has 2 aromatic heterocycles. The molecule has 0 bridgehead atoms. The molecule has 0 fully saturated rings. The topological polar surface area (TPSA) is 72.2 Å². The molecule has 0 aliphatic rings. The Hall–Kier alpha value is -3.25. The number of fused-ring (bicyclic) bond motifs is 1. The number of benzene rings is 2. The fourth-order valence-electron chi connectivity index (χ4n) is 2.63. The van der Waals surface area contributed by atoms with Gasteiger partial charge in [-0.15, -0.1) is 10.2 Å². The first-order valence-electron chi connectivity index (χ1n) is 8.00. The molecule has 26 heavy (non-hydrogen) atoms. The number of amides is 1. The molecule has 0 saturated heterocycles. The van der Waals surface area contributed by atoms with E-state index in [1.165, 1.54) is 0 Å². The van der Waals surface area contributed by atoms with Crippen LogP contribution in [0.1, 0.15) is 15.9 Å². The second-order valence-corrected chi connectivity index (χ2v) is 6.07. The van der Waals surface area contributed by atoms with Gasteiger partial charge in [0.15, 0.2) is 5.82 Å². The summed E-state index contributed by atoms with van der Waals surface area (Å²) in [6.45, 7) is 0.376.